The summed E-state index contributed by atoms with van der Waals surface area (Å²) in [6.07, 6.45) is 14.5. The van der Waals surface area contributed by atoms with Crippen LogP contribution in [0.2, 0.25) is 0 Å². The Labute approximate surface area is 271 Å². The van der Waals surface area contributed by atoms with Gasteiger partial charge in [-0.3, -0.25) is 14.4 Å². The molecule has 0 bridgehead atoms. The molecule has 5 rings (SSSR count). The lowest BCUT2D eigenvalue weighted by atomic mass is 9.92. The van der Waals surface area contributed by atoms with Gasteiger partial charge in [-0.25, -0.2) is 9.97 Å². The largest absolute Gasteiger partial charge is 0.472 e. The summed E-state index contributed by atoms with van der Waals surface area (Å²) in [5.41, 5.74) is 10.0. The SMILES string of the molecule is CCOC(=O)C1CC1C=CCCCCCCC(=O)N1CC(Oc2nc(-c3nc(C(C)C)cs3)cc3c2CCCC3)CC1C(N)=O. The lowest BCUT2D eigenvalue weighted by Crippen LogP contribution is -2.43. The summed E-state index contributed by atoms with van der Waals surface area (Å²) in [6.45, 7) is 6.87. The lowest BCUT2D eigenvalue weighted by Gasteiger charge is -2.23. The number of nitrogens with zero attached hydrogens (tertiary/aromatic N) is 3. The Morgan fingerprint density at radius 3 is 2.67 bits per heavy atom. The molecule has 2 fully saturated rings. The van der Waals surface area contributed by atoms with E-state index in [-0.39, 0.29) is 23.9 Å². The maximum Gasteiger partial charge on any atom is 0.309 e. The summed E-state index contributed by atoms with van der Waals surface area (Å²) in [4.78, 5) is 48.7. The molecule has 45 heavy (non-hydrogen) atoms. The molecule has 2 amide bonds. The van der Waals surface area contributed by atoms with Crippen molar-refractivity contribution in [3.05, 3.63) is 40.4 Å². The number of unbranched alkanes of at least 4 members (excludes halogenated alkanes) is 4. The predicted octanol–water partition coefficient (Wildman–Crippen LogP) is 6.14. The van der Waals surface area contributed by atoms with E-state index in [1.165, 1.54) is 5.56 Å². The number of pyridine rings is 1. The molecule has 1 aliphatic heterocycles. The molecule has 1 saturated heterocycles. The lowest BCUT2D eigenvalue weighted by molar-refractivity contribution is -0.144. The molecule has 2 N–H and O–H groups in total. The van der Waals surface area contributed by atoms with E-state index in [0.29, 0.717) is 43.7 Å². The van der Waals surface area contributed by atoms with Crippen LogP contribution >= 0.6 is 11.3 Å². The fraction of sp³-hybridized carbons (Fsp3) is 0.629. The van der Waals surface area contributed by atoms with Crippen LogP contribution in [-0.2, 0) is 32.0 Å². The van der Waals surface area contributed by atoms with Crippen LogP contribution in [-0.4, -0.2) is 57.9 Å². The molecular weight excluding hydrogens is 588 g/mol. The minimum atomic E-state index is -0.667. The Morgan fingerprint density at radius 1 is 1.11 bits per heavy atom. The van der Waals surface area contributed by atoms with E-state index >= 15 is 0 Å². The molecule has 2 aromatic rings. The molecule has 2 aliphatic carbocycles. The molecule has 9 nitrogen and oxygen atoms in total. The van der Waals surface area contributed by atoms with Crippen LogP contribution in [0.15, 0.2) is 23.6 Å². The molecule has 3 heterocycles. The second-order valence-electron chi connectivity index (χ2n) is 13.0. The number of aryl methyl sites for hydroxylation is 1. The highest BCUT2D eigenvalue weighted by Crippen LogP contribution is 2.41. The van der Waals surface area contributed by atoms with Gasteiger partial charge in [-0.2, -0.15) is 0 Å². The first-order valence-electron chi connectivity index (χ1n) is 16.8. The summed E-state index contributed by atoms with van der Waals surface area (Å²) in [5, 5.41) is 2.98. The minimum Gasteiger partial charge on any atom is -0.472 e. The van der Waals surface area contributed by atoms with Gasteiger partial charge < -0.3 is 20.1 Å². The van der Waals surface area contributed by atoms with Gasteiger partial charge in [-0.1, -0.05) is 38.8 Å². The maximum absolute atomic E-state index is 13.2. The topological polar surface area (TPSA) is 125 Å². The number of carbonyl (C=O) groups is 3. The molecule has 10 heteroatoms. The Kier molecular flexibility index (Phi) is 11.3. The normalized spacial score (nSPS) is 22.5. The van der Waals surface area contributed by atoms with Gasteiger partial charge in [0, 0.05) is 23.8 Å². The predicted molar refractivity (Wildman–Crippen MR) is 175 cm³/mol. The number of thiazole rings is 1. The van der Waals surface area contributed by atoms with Gasteiger partial charge >= 0.3 is 5.97 Å². The van der Waals surface area contributed by atoms with Crippen LogP contribution < -0.4 is 10.5 Å². The van der Waals surface area contributed by atoms with Gasteiger partial charge in [0.05, 0.1) is 24.8 Å². The number of rotatable bonds is 15. The van der Waals surface area contributed by atoms with E-state index in [1.807, 2.05) is 6.92 Å². The second kappa shape index (κ2) is 15.3. The van der Waals surface area contributed by atoms with Crippen LogP contribution in [0.1, 0.15) is 108 Å². The monoisotopic (exact) mass is 636 g/mol. The quantitative estimate of drug-likeness (QED) is 0.142. The third kappa shape index (κ3) is 8.51. The molecule has 2 aromatic heterocycles. The fourth-order valence-corrected chi connectivity index (χ4v) is 7.36. The highest BCUT2D eigenvalue weighted by molar-refractivity contribution is 7.13. The van der Waals surface area contributed by atoms with Crippen molar-refractivity contribution >= 4 is 29.1 Å². The smallest absolute Gasteiger partial charge is 0.309 e. The van der Waals surface area contributed by atoms with Crippen molar-refractivity contribution in [1.82, 2.24) is 14.9 Å². The summed E-state index contributed by atoms with van der Waals surface area (Å²) in [5.74, 6) is 0.709. The number of esters is 1. The fourth-order valence-electron chi connectivity index (χ4n) is 6.42. The van der Waals surface area contributed by atoms with Crippen molar-refractivity contribution in [2.45, 2.75) is 116 Å². The highest BCUT2D eigenvalue weighted by Gasteiger charge is 2.42. The zero-order valence-corrected chi connectivity index (χ0v) is 27.8. The number of allylic oxidation sites excluding steroid dienone is 2. The maximum atomic E-state index is 13.2. The molecule has 244 valence electrons. The number of carbonyl (C=O) groups excluding carboxylic acids is 3. The number of likely N-dealkylation sites (tertiary alicyclic amines) is 1. The van der Waals surface area contributed by atoms with Gasteiger partial charge in [0.1, 0.15) is 22.8 Å². The van der Waals surface area contributed by atoms with E-state index in [2.05, 4.69) is 37.4 Å². The third-order valence-corrected chi connectivity index (χ3v) is 10.0. The van der Waals surface area contributed by atoms with E-state index in [9.17, 15) is 14.4 Å². The van der Waals surface area contributed by atoms with Gasteiger partial charge in [-0.15, -0.1) is 11.3 Å². The molecule has 0 aromatic carbocycles. The number of ether oxygens (including phenoxy) is 2. The van der Waals surface area contributed by atoms with E-state index in [0.717, 1.165) is 86.2 Å². The summed E-state index contributed by atoms with van der Waals surface area (Å²) in [6, 6.07) is 1.49. The number of nitrogens with two attached hydrogens (primary N) is 1. The molecule has 0 radical (unpaired) electrons. The summed E-state index contributed by atoms with van der Waals surface area (Å²) in [7, 11) is 0. The molecule has 4 unspecified atom stereocenters. The van der Waals surface area contributed by atoms with Crippen molar-refractivity contribution in [2.24, 2.45) is 17.6 Å². The molecular formula is C35H48N4O5S. The standard InChI is InChI=1S/C35H48N4O5S/c1-4-43-35(42)27-17-23(27)13-9-7-5-6-8-10-16-31(40)39-20-25(19-30(39)32(36)41)44-33-26-15-12-11-14-24(26)18-28(37-33)34-38-29(21-45-34)22(2)3/h9,13,18,21-23,25,27,30H,4-8,10-12,14-17,19-20H2,1-3H3,(H2,36,41). The zero-order valence-electron chi connectivity index (χ0n) is 27.0. The van der Waals surface area contributed by atoms with Gasteiger partial charge in [0.2, 0.25) is 17.7 Å². The Balaban J connectivity index is 1.11. The van der Waals surface area contributed by atoms with Crippen LogP contribution in [0.3, 0.4) is 0 Å². The number of primary amides is 1. The Hall–Kier alpha value is -3.27. The Bertz CT molecular complexity index is 1390. The summed E-state index contributed by atoms with van der Waals surface area (Å²) >= 11 is 1.60. The van der Waals surface area contributed by atoms with Crippen molar-refractivity contribution in [2.75, 3.05) is 13.2 Å². The van der Waals surface area contributed by atoms with Crippen molar-refractivity contribution in [3.63, 3.8) is 0 Å². The number of aromatic nitrogens is 2. The first-order chi connectivity index (χ1) is 21.7. The molecule has 1 saturated carbocycles. The third-order valence-electron chi connectivity index (χ3n) is 9.15. The highest BCUT2D eigenvalue weighted by atomic mass is 32.1. The van der Waals surface area contributed by atoms with E-state index in [4.69, 9.17) is 25.2 Å². The average molecular weight is 637 g/mol. The van der Waals surface area contributed by atoms with Crippen LogP contribution in [0.25, 0.3) is 10.7 Å². The van der Waals surface area contributed by atoms with Crippen LogP contribution in [0.5, 0.6) is 5.88 Å². The van der Waals surface area contributed by atoms with Crippen LogP contribution in [0.4, 0.5) is 0 Å². The first kappa shape index (κ1) is 33.1. The van der Waals surface area contributed by atoms with Crippen LogP contribution in [0, 0.1) is 11.8 Å². The second-order valence-corrected chi connectivity index (χ2v) is 13.8. The Morgan fingerprint density at radius 2 is 1.91 bits per heavy atom. The number of amides is 2. The number of hydrogen-bond donors (Lipinski definition) is 1. The molecule has 3 aliphatic rings. The minimum absolute atomic E-state index is 0.0421. The first-order valence-corrected chi connectivity index (χ1v) is 17.7. The number of fused-ring (bicyclic) bond motifs is 1. The molecule has 4 atom stereocenters. The van der Waals surface area contributed by atoms with Gasteiger partial charge in [0.15, 0.2) is 0 Å². The van der Waals surface area contributed by atoms with E-state index in [1.54, 1.807) is 16.2 Å². The van der Waals surface area contributed by atoms with Gasteiger partial charge in [-0.05, 0) is 81.8 Å². The van der Waals surface area contributed by atoms with Gasteiger partial charge in [0.25, 0.3) is 0 Å². The zero-order chi connectivity index (χ0) is 31.9. The van der Waals surface area contributed by atoms with Crippen molar-refractivity contribution < 1.29 is 23.9 Å². The summed E-state index contributed by atoms with van der Waals surface area (Å²) < 4.78 is 11.6. The van der Waals surface area contributed by atoms with E-state index < -0.39 is 11.9 Å². The van der Waals surface area contributed by atoms with Crippen molar-refractivity contribution in [1.29, 1.82) is 0 Å². The number of hydrogen-bond acceptors (Lipinski definition) is 8. The average Bonchev–Trinajstić information content (AvgIpc) is 3.40. The molecule has 0 spiro atoms. The van der Waals surface area contributed by atoms with Crippen molar-refractivity contribution in [3.8, 4) is 16.6 Å².